The molecule has 0 saturated heterocycles. The van der Waals surface area contributed by atoms with Crippen molar-refractivity contribution >= 4 is 23.2 Å². The topological polar surface area (TPSA) is 50.7 Å². The fourth-order valence-electron chi connectivity index (χ4n) is 2.37. The molecule has 0 radical (unpaired) electrons. The SMILES string of the molecule is O=C(COc1ccc(Cl)cc1)N/N=C1/CCc2ccccc21. The molecule has 0 bridgehead atoms. The van der Waals surface area contributed by atoms with Crippen molar-refractivity contribution in [1.82, 2.24) is 5.43 Å². The Kier molecular flexibility index (Phi) is 4.39. The van der Waals surface area contributed by atoms with Crippen molar-refractivity contribution < 1.29 is 9.53 Å². The lowest BCUT2D eigenvalue weighted by molar-refractivity contribution is -0.123. The number of carbonyl (C=O) groups excluding carboxylic acids is 1. The van der Waals surface area contributed by atoms with Crippen LogP contribution < -0.4 is 10.2 Å². The number of halogens is 1. The lowest BCUT2D eigenvalue weighted by atomic mass is 10.1. The minimum atomic E-state index is -0.285. The summed E-state index contributed by atoms with van der Waals surface area (Å²) in [5.74, 6) is 0.310. The molecule has 0 heterocycles. The maximum Gasteiger partial charge on any atom is 0.277 e. The van der Waals surface area contributed by atoms with Crippen molar-refractivity contribution in [1.29, 1.82) is 0 Å². The van der Waals surface area contributed by atoms with Gasteiger partial charge in [-0.05, 0) is 42.7 Å². The Hall–Kier alpha value is -2.33. The van der Waals surface area contributed by atoms with E-state index >= 15 is 0 Å². The molecule has 22 heavy (non-hydrogen) atoms. The number of benzene rings is 2. The van der Waals surface area contributed by atoms with Crippen molar-refractivity contribution in [3.05, 3.63) is 64.7 Å². The van der Waals surface area contributed by atoms with Crippen LogP contribution in [0.2, 0.25) is 5.02 Å². The van der Waals surface area contributed by atoms with E-state index in [0.29, 0.717) is 10.8 Å². The highest BCUT2D eigenvalue weighted by Crippen LogP contribution is 2.21. The molecule has 4 nitrogen and oxygen atoms in total. The molecule has 112 valence electrons. The van der Waals surface area contributed by atoms with Gasteiger partial charge >= 0.3 is 0 Å². The van der Waals surface area contributed by atoms with E-state index in [1.807, 2.05) is 18.2 Å². The zero-order valence-electron chi connectivity index (χ0n) is 11.9. The number of nitrogens with one attached hydrogen (secondary N) is 1. The minimum Gasteiger partial charge on any atom is -0.484 e. The summed E-state index contributed by atoms with van der Waals surface area (Å²) in [5.41, 5.74) is 5.84. The van der Waals surface area contributed by atoms with Crippen LogP contribution in [0.3, 0.4) is 0 Å². The number of carbonyl (C=O) groups is 1. The van der Waals surface area contributed by atoms with Gasteiger partial charge in [-0.25, -0.2) is 5.43 Å². The van der Waals surface area contributed by atoms with Gasteiger partial charge < -0.3 is 4.74 Å². The normalized spacial score (nSPS) is 14.7. The average Bonchev–Trinajstić information content (AvgIpc) is 2.96. The number of ether oxygens (including phenoxy) is 1. The monoisotopic (exact) mass is 314 g/mol. The molecule has 0 aliphatic heterocycles. The number of amides is 1. The predicted molar refractivity (Wildman–Crippen MR) is 86.4 cm³/mol. The molecular weight excluding hydrogens is 300 g/mol. The molecule has 0 aromatic heterocycles. The first kappa shape index (κ1) is 14.6. The van der Waals surface area contributed by atoms with E-state index in [0.717, 1.165) is 24.1 Å². The summed E-state index contributed by atoms with van der Waals surface area (Å²) in [6.07, 6.45) is 1.81. The van der Waals surface area contributed by atoms with Crippen LogP contribution in [-0.4, -0.2) is 18.2 Å². The zero-order chi connectivity index (χ0) is 15.4. The van der Waals surface area contributed by atoms with Crippen LogP contribution >= 0.6 is 11.6 Å². The van der Waals surface area contributed by atoms with Gasteiger partial charge in [0.2, 0.25) is 0 Å². The second kappa shape index (κ2) is 6.62. The van der Waals surface area contributed by atoms with Crippen LogP contribution in [0, 0.1) is 0 Å². The Balaban J connectivity index is 1.55. The molecule has 0 fully saturated rings. The fourth-order valence-corrected chi connectivity index (χ4v) is 2.49. The number of hydrazone groups is 1. The summed E-state index contributed by atoms with van der Waals surface area (Å²) in [7, 11) is 0. The second-order valence-corrected chi connectivity index (χ2v) is 5.43. The van der Waals surface area contributed by atoms with Gasteiger partial charge in [0.05, 0.1) is 5.71 Å². The zero-order valence-corrected chi connectivity index (χ0v) is 12.6. The lowest BCUT2D eigenvalue weighted by Crippen LogP contribution is -2.25. The van der Waals surface area contributed by atoms with Crippen LogP contribution in [0.25, 0.3) is 0 Å². The van der Waals surface area contributed by atoms with Crippen LogP contribution in [0.4, 0.5) is 0 Å². The van der Waals surface area contributed by atoms with Gasteiger partial charge in [-0.1, -0.05) is 35.9 Å². The maximum atomic E-state index is 11.8. The number of hydrogen-bond donors (Lipinski definition) is 1. The highest BCUT2D eigenvalue weighted by molar-refractivity contribution is 6.30. The van der Waals surface area contributed by atoms with E-state index in [9.17, 15) is 4.79 Å². The van der Waals surface area contributed by atoms with E-state index in [1.54, 1.807) is 24.3 Å². The Morgan fingerprint density at radius 3 is 2.73 bits per heavy atom. The van der Waals surface area contributed by atoms with E-state index < -0.39 is 0 Å². The Morgan fingerprint density at radius 1 is 1.14 bits per heavy atom. The molecule has 0 atom stereocenters. The molecule has 1 N–H and O–H groups in total. The summed E-state index contributed by atoms with van der Waals surface area (Å²) in [5, 5.41) is 4.83. The van der Waals surface area contributed by atoms with E-state index in [1.165, 1.54) is 5.56 Å². The summed E-state index contributed by atoms with van der Waals surface area (Å²) in [6.45, 7) is -0.0833. The molecule has 0 unspecified atom stereocenters. The van der Waals surface area contributed by atoms with Gasteiger partial charge in [0.1, 0.15) is 5.75 Å². The fraction of sp³-hybridized carbons (Fsp3) is 0.176. The molecule has 0 spiro atoms. The summed E-state index contributed by atoms with van der Waals surface area (Å²) < 4.78 is 5.37. The lowest BCUT2D eigenvalue weighted by Gasteiger charge is -2.05. The summed E-state index contributed by atoms with van der Waals surface area (Å²) in [4.78, 5) is 11.8. The van der Waals surface area contributed by atoms with Gasteiger partial charge in [-0.2, -0.15) is 5.10 Å². The molecule has 1 aliphatic rings. The molecule has 2 aromatic rings. The van der Waals surface area contributed by atoms with Crippen LogP contribution in [0.1, 0.15) is 17.5 Å². The minimum absolute atomic E-state index is 0.0833. The highest BCUT2D eigenvalue weighted by Gasteiger charge is 2.17. The highest BCUT2D eigenvalue weighted by atomic mass is 35.5. The van der Waals surface area contributed by atoms with Crippen molar-refractivity contribution in [2.45, 2.75) is 12.8 Å². The van der Waals surface area contributed by atoms with Crippen molar-refractivity contribution in [3.8, 4) is 5.75 Å². The quantitative estimate of drug-likeness (QED) is 0.881. The Bertz CT molecular complexity index is 711. The van der Waals surface area contributed by atoms with Crippen LogP contribution in [-0.2, 0) is 11.2 Å². The average molecular weight is 315 g/mol. The van der Waals surface area contributed by atoms with Crippen molar-refractivity contribution in [2.24, 2.45) is 5.10 Å². The van der Waals surface area contributed by atoms with E-state index in [4.69, 9.17) is 16.3 Å². The third-order valence-electron chi connectivity index (χ3n) is 3.46. The second-order valence-electron chi connectivity index (χ2n) is 4.99. The number of nitrogens with zero attached hydrogens (tertiary/aromatic N) is 1. The first-order chi connectivity index (χ1) is 10.7. The maximum absolute atomic E-state index is 11.8. The molecule has 1 amide bonds. The number of hydrogen-bond acceptors (Lipinski definition) is 3. The van der Waals surface area contributed by atoms with Gasteiger partial charge in [0.15, 0.2) is 6.61 Å². The Morgan fingerprint density at radius 2 is 1.91 bits per heavy atom. The van der Waals surface area contributed by atoms with Crippen molar-refractivity contribution in [3.63, 3.8) is 0 Å². The van der Waals surface area contributed by atoms with Gasteiger partial charge in [0.25, 0.3) is 5.91 Å². The largest absolute Gasteiger partial charge is 0.484 e. The molecular formula is C17H15ClN2O2. The Labute approximate surface area is 133 Å². The number of fused-ring (bicyclic) bond motifs is 1. The molecule has 5 heteroatoms. The smallest absolute Gasteiger partial charge is 0.277 e. The summed E-state index contributed by atoms with van der Waals surface area (Å²) in [6, 6.07) is 15.0. The molecule has 3 rings (SSSR count). The van der Waals surface area contributed by atoms with Gasteiger partial charge in [0, 0.05) is 10.6 Å². The van der Waals surface area contributed by atoms with Gasteiger partial charge in [-0.3, -0.25) is 4.79 Å². The van der Waals surface area contributed by atoms with E-state index in [-0.39, 0.29) is 12.5 Å². The van der Waals surface area contributed by atoms with Crippen LogP contribution in [0.15, 0.2) is 53.6 Å². The first-order valence-corrected chi connectivity index (χ1v) is 7.42. The van der Waals surface area contributed by atoms with Crippen LogP contribution in [0.5, 0.6) is 5.75 Å². The van der Waals surface area contributed by atoms with Crippen molar-refractivity contribution in [2.75, 3.05) is 6.61 Å². The third kappa shape index (κ3) is 3.46. The number of aryl methyl sites for hydroxylation is 1. The summed E-state index contributed by atoms with van der Waals surface area (Å²) >= 11 is 5.79. The standard InChI is InChI=1S/C17H15ClN2O2/c18-13-6-8-14(9-7-13)22-11-17(21)20-19-16-10-5-12-3-1-2-4-15(12)16/h1-4,6-9H,5,10-11H2,(H,20,21)/b19-16-. The molecule has 1 aliphatic carbocycles. The molecule has 2 aromatic carbocycles. The predicted octanol–water partition coefficient (Wildman–Crippen LogP) is 3.19. The number of rotatable bonds is 4. The molecule has 0 saturated carbocycles. The first-order valence-electron chi connectivity index (χ1n) is 7.04. The van der Waals surface area contributed by atoms with Gasteiger partial charge in [-0.15, -0.1) is 0 Å². The third-order valence-corrected chi connectivity index (χ3v) is 3.71. The van der Waals surface area contributed by atoms with E-state index in [2.05, 4.69) is 16.6 Å².